The van der Waals surface area contributed by atoms with Gasteiger partial charge in [-0.1, -0.05) is 13.8 Å². The van der Waals surface area contributed by atoms with E-state index in [0.29, 0.717) is 23.6 Å². The van der Waals surface area contributed by atoms with Crippen LogP contribution in [-0.4, -0.2) is 17.8 Å². The minimum absolute atomic E-state index is 0.0243. The van der Waals surface area contributed by atoms with Crippen LogP contribution in [0.15, 0.2) is 18.2 Å². The van der Waals surface area contributed by atoms with Gasteiger partial charge in [0, 0.05) is 12.6 Å². The lowest BCUT2D eigenvalue weighted by Gasteiger charge is -2.20. The number of hydrogen-bond donors (Lipinski definition) is 2. The van der Waals surface area contributed by atoms with Gasteiger partial charge >= 0.3 is 0 Å². The van der Waals surface area contributed by atoms with Crippen molar-refractivity contribution < 1.29 is 9.50 Å². The van der Waals surface area contributed by atoms with Crippen LogP contribution in [0.25, 0.3) is 0 Å². The lowest BCUT2D eigenvalue weighted by atomic mass is 10.0. The summed E-state index contributed by atoms with van der Waals surface area (Å²) in [7, 11) is 0. The SMILES string of the molecule is CC(C)[C@@H](CO)NCc1cc(F)cc(C#N)c1. The predicted molar refractivity (Wildman–Crippen MR) is 63.7 cm³/mol. The molecular weight excluding hydrogens is 219 g/mol. The molecule has 0 bridgehead atoms. The summed E-state index contributed by atoms with van der Waals surface area (Å²) in [5.74, 6) is -0.116. The standard InChI is InChI=1S/C13H17FN2O/c1-9(2)13(8-17)16-7-11-3-10(6-15)4-12(14)5-11/h3-5,9,13,16-17H,7-8H2,1-2H3/t13-/m1/s1. The molecule has 0 amide bonds. The third-order valence-corrected chi connectivity index (χ3v) is 2.66. The summed E-state index contributed by atoms with van der Waals surface area (Å²) >= 11 is 0. The minimum atomic E-state index is -0.411. The fraction of sp³-hybridized carbons (Fsp3) is 0.462. The highest BCUT2D eigenvalue weighted by Crippen LogP contribution is 2.09. The van der Waals surface area contributed by atoms with E-state index in [1.165, 1.54) is 12.1 Å². The summed E-state index contributed by atoms with van der Waals surface area (Å²) in [5.41, 5.74) is 1.02. The first kappa shape index (κ1) is 13.6. The molecule has 92 valence electrons. The molecular formula is C13H17FN2O. The van der Waals surface area contributed by atoms with Gasteiger partial charge in [0.05, 0.1) is 18.2 Å². The number of hydrogen-bond acceptors (Lipinski definition) is 3. The second-order valence-corrected chi connectivity index (χ2v) is 4.37. The zero-order valence-corrected chi connectivity index (χ0v) is 10.1. The van der Waals surface area contributed by atoms with Crippen LogP contribution in [0.1, 0.15) is 25.0 Å². The molecule has 1 aromatic carbocycles. The molecule has 0 saturated carbocycles. The second kappa shape index (κ2) is 6.33. The largest absolute Gasteiger partial charge is 0.395 e. The number of nitrogens with one attached hydrogen (secondary N) is 1. The van der Waals surface area contributed by atoms with Crippen LogP contribution in [0.2, 0.25) is 0 Å². The third-order valence-electron chi connectivity index (χ3n) is 2.66. The molecule has 0 aliphatic carbocycles. The van der Waals surface area contributed by atoms with Crippen LogP contribution >= 0.6 is 0 Å². The van der Waals surface area contributed by atoms with E-state index < -0.39 is 5.82 Å². The van der Waals surface area contributed by atoms with Crippen LogP contribution in [0.4, 0.5) is 4.39 Å². The summed E-state index contributed by atoms with van der Waals surface area (Å²) < 4.78 is 13.2. The van der Waals surface area contributed by atoms with Crippen LogP contribution in [-0.2, 0) is 6.54 Å². The number of nitriles is 1. The molecule has 1 atom stereocenters. The van der Waals surface area contributed by atoms with Gasteiger partial charge in [0.2, 0.25) is 0 Å². The number of rotatable bonds is 5. The molecule has 4 heteroatoms. The molecule has 0 radical (unpaired) electrons. The maximum absolute atomic E-state index is 13.2. The summed E-state index contributed by atoms with van der Waals surface area (Å²) in [4.78, 5) is 0. The van der Waals surface area contributed by atoms with Crippen LogP contribution in [0, 0.1) is 23.1 Å². The van der Waals surface area contributed by atoms with E-state index in [2.05, 4.69) is 5.32 Å². The van der Waals surface area contributed by atoms with Crippen molar-refractivity contribution in [3.8, 4) is 6.07 Å². The minimum Gasteiger partial charge on any atom is -0.395 e. The molecule has 3 nitrogen and oxygen atoms in total. The zero-order valence-electron chi connectivity index (χ0n) is 10.1. The highest BCUT2D eigenvalue weighted by molar-refractivity contribution is 5.33. The Balaban J connectivity index is 2.69. The number of aliphatic hydroxyl groups excluding tert-OH is 1. The van der Waals surface area contributed by atoms with Gasteiger partial charge in [-0.3, -0.25) is 0 Å². The fourth-order valence-corrected chi connectivity index (χ4v) is 1.58. The maximum atomic E-state index is 13.2. The molecule has 1 rings (SSSR count). The van der Waals surface area contributed by atoms with E-state index in [-0.39, 0.29) is 12.6 Å². The van der Waals surface area contributed by atoms with E-state index in [0.717, 1.165) is 0 Å². The molecule has 1 aromatic rings. The molecule has 2 N–H and O–H groups in total. The van der Waals surface area contributed by atoms with Gasteiger partial charge in [-0.25, -0.2) is 4.39 Å². The Morgan fingerprint density at radius 2 is 2.12 bits per heavy atom. The van der Waals surface area contributed by atoms with E-state index in [1.807, 2.05) is 19.9 Å². The monoisotopic (exact) mass is 236 g/mol. The van der Waals surface area contributed by atoms with Gasteiger partial charge in [-0.05, 0) is 29.7 Å². The van der Waals surface area contributed by atoms with Crippen LogP contribution in [0.5, 0.6) is 0 Å². The molecule has 0 fully saturated rings. The number of halogens is 1. The first-order valence-corrected chi connectivity index (χ1v) is 5.60. The molecule has 17 heavy (non-hydrogen) atoms. The van der Waals surface area contributed by atoms with Gasteiger partial charge in [0.25, 0.3) is 0 Å². The van der Waals surface area contributed by atoms with Crippen molar-refractivity contribution in [1.29, 1.82) is 5.26 Å². The van der Waals surface area contributed by atoms with E-state index in [4.69, 9.17) is 10.4 Å². The molecule has 0 heterocycles. The Bertz CT molecular complexity index is 412. The van der Waals surface area contributed by atoms with E-state index in [9.17, 15) is 4.39 Å². The van der Waals surface area contributed by atoms with Gasteiger partial charge in [0.15, 0.2) is 0 Å². The van der Waals surface area contributed by atoms with Crippen molar-refractivity contribution in [3.63, 3.8) is 0 Å². The third kappa shape index (κ3) is 4.14. The average Bonchev–Trinajstić information content (AvgIpc) is 2.28. The zero-order chi connectivity index (χ0) is 12.8. The van der Waals surface area contributed by atoms with Crippen molar-refractivity contribution in [2.75, 3.05) is 6.61 Å². The van der Waals surface area contributed by atoms with Crippen molar-refractivity contribution in [2.24, 2.45) is 5.92 Å². The van der Waals surface area contributed by atoms with Gasteiger partial charge in [-0.2, -0.15) is 5.26 Å². The number of nitrogens with zero attached hydrogens (tertiary/aromatic N) is 1. The normalized spacial score (nSPS) is 12.5. The van der Waals surface area contributed by atoms with Crippen LogP contribution < -0.4 is 5.32 Å². The fourth-order valence-electron chi connectivity index (χ4n) is 1.58. The van der Waals surface area contributed by atoms with Crippen molar-refractivity contribution in [2.45, 2.75) is 26.4 Å². The van der Waals surface area contributed by atoms with E-state index in [1.54, 1.807) is 6.07 Å². The Morgan fingerprint density at radius 3 is 2.65 bits per heavy atom. The predicted octanol–water partition coefficient (Wildman–Crippen LogP) is 1.80. The summed E-state index contributed by atoms with van der Waals surface area (Å²) in [6.07, 6.45) is 0. The quantitative estimate of drug-likeness (QED) is 0.819. The lowest BCUT2D eigenvalue weighted by molar-refractivity contribution is 0.210. The van der Waals surface area contributed by atoms with Crippen molar-refractivity contribution >= 4 is 0 Å². The van der Waals surface area contributed by atoms with Gasteiger partial charge in [-0.15, -0.1) is 0 Å². The molecule has 0 aliphatic rings. The Labute approximate surface area is 101 Å². The molecule has 0 spiro atoms. The number of benzene rings is 1. The highest BCUT2D eigenvalue weighted by Gasteiger charge is 2.11. The van der Waals surface area contributed by atoms with Crippen LogP contribution in [0.3, 0.4) is 0 Å². The highest BCUT2D eigenvalue weighted by atomic mass is 19.1. The van der Waals surface area contributed by atoms with E-state index >= 15 is 0 Å². The average molecular weight is 236 g/mol. The number of aliphatic hydroxyl groups is 1. The second-order valence-electron chi connectivity index (χ2n) is 4.37. The summed E-state index contributed by atoms with van der Waals surface area (Å²) in [6, 6.07) is 6.13. The molecule has 0 aromatic heterocycles. The maximum Gasteiger partial charge on any atom is 0.124 e. The first-order chi connectivity index (χ1) is 8.06. The molecule has 0 unspecified atom stereocenters. The lowest BCUT2D eigenvalue weighted by Crippen LogP contribution is -2.36. The Kier molecular flexibility index (Phi) is 5.08. The van der Waals surface area contributed by atoms with Gasteiger partial charge < -0.3 is 10.4 Å². The molecule has 0 aliphatic heterocycles. The first-order valence-electron chi connectivity index (χ1n) is 5.60. The van der Waals surface area contributed by atoms with Crippen molar-refractivity contribution in [1.82, 2.24) is 5.32 Å². The smallest absolute Gasteiger partial charge is 0.124 e. The topological polar surface area (TPSA) is 56.0 Å². The van der Waals surface area contributed by atoms with Gasteiger partial charge in [0.1, 0.15) is 5.82 Å². The van der Waals surface area contributed by atoms with Crippen molar-refractivity contribution in [3.05, 3.63) is 35.1 Å². The summed E-state index contributed by atoms with van der Waals surface area (Å²) in [5, 5.41) is 21.0. The Morgan fingerprint density at radius 1 is 1.41 bits per heavy atom. The molecule has 0 saturated heterocycles. The summed E-state index contributed by atoms with van der Waals surface area (Å²) in [6.45, 7) is 4.48. The Hall–Kier alpha value is -1.44.